The SMILES string of the molecule is OCCC#Cc1cc(F)ccc1Cn1cc(Cl)cn1. The number of aliphatic hydroxyl groups excluding tert-OH is 1. The monoisotopic (exact) mass is 278 g/mol. The number of aliphatic hydroxyl groups is 1. The van der Waals surface area contributed by atoms with Crippen molar-refractivity contribution < 1.29 is 9.50 Å². The van der Waals surface area contributed by atoms with Gasteiger partial charge in [-0.05, 0) is 17.7 Å². The molecule has 3 nitrogen and oxygen atoms in total. The van der Waals surface area contributed by atoms with Crippen molar-refractivity contribution in [3.8, 4) is 11.8 Å². The third-order valence-corrected chi connectivity index (χ3v) is 2.66. The van der Waals surface area contributed by atoms with E-state index in [1.54, 1.807) is 23.1 Å². The fourth-order valence-corrected chi connectivity index (χ4v) is 1.77. The zero-order valence-electron chi connectivity index (χ0n) is 10.1. The summed E-state index contributed by atoms with van der Waals surface area (Å²) in [7, 11) is 0. The molecule has 1 heterocycles. The van der Waals surface area contributed by atoms with Crippen LogP contribution < -0.4 is 0 Å². The third kappa shape index (κ3) is 3.82. The Hall–Kier alpha value is -1.83. The average Bonchev–Trinajstić information content (AvgIpc) is 2.78. The smallest absolute Gasteiger partial charge is 0.124 e. The molecule has 0 fully saturated rings. The Kier molecular flexibility index (Phi) is 4.56. The van der Waals surface area contributed by atoms with E-state index in [0.717, 1.165) is 5.56 Å². The molecule has 0 atom stereocenters. The van der Waals surface area contributed by atoms with Gasteiger partial charge in [0.05, 0.1) is 24.4 Å². The van der Waals surface area contributed by atoms with E-state index in [0.29, 0.717) is 23.6 Å². The molecule has 2 rings (SSSR count). The van der Waals surface area contributed by atoms with Gasteiger partial charge in [-0.25, -0.2) is 4.39 Å². The van der Waals surface area contributed by atoms with Crippen LogP contribution in [0.15, 0.2) is 30.6 Å². The summed E-state index contributed by atoms with van der Waals surface area (Å²) in [6.45, 7) is 0.461. The molecule has 1 aromatic carbocycles. The van der Waals surface area contributed by atoms with Crippen molar-refractivity contribution in [2.45, 2.75) is 13.0 Å². The number of hydrogen-bond acceptors (Lipinski definition) is 2. The van der Waals surface area contributed by atoms with Crippen LogP contribution in [0, 0.1) is 17.7 Å². The van der Waals surface area contributed by atoms with E-state index in [1.807, 2.05) is 0 Å². The van der Waals surface area contributed by atoms with Gasteiger partial charge in [-0.2, -0.15) is 5.10 Å². The van der Waals surface area contributed by atoms with Crippen LogP contribution >= 0.6 is 11.6 Å². The first-order chi connectivity index (χ1) is 9.19. The number of nitrogens with zero attached hydrogens (tertiary/aromatic N) is 2. The van der Waals surface area contributed by atoms with Crippen molar-refractivity contribution in [2.24, 2.45) is 0 Å². The fourth-order valence-electron chi connectivity index (χ4n) is 1.62. The molecule has 5 heteroatoms. The van der Waals surface area contributed by atoms with E-state index in [4.69, 9.17) is 16.7 Å². The van der Waals surface area contributed by atoms with Gasteiger partial charge in [0.25, 0.3) is 0 Å². The highest BCUT2D eigenvalue weighted by Crippen LogP contribution is 2.13. The first kappa shape index (κ1) is 13.6. The molecule has 0 bridgehead atoms. The second kappa shape index (κ2) is 6.37. The van der Waals surface area contributed by atoms with Crippen LogP contribution in [0.25, 0.3) is 0 Å². The molecule has 0 saturated heterocycles. The zero-order valence-corrected chi connectivity index (χ0v) is 10.9. The third-order valence-electron chi connectivity index (χ3n) is 2.47. The lowest BCUT2D eigenvalue weighted by Crippen LogP contribution is -2.02. The first-order valence-corrected chi connectivity index (χ1v) is 6.13. The molecule has 0 saturated carbocycles. The molecule has 1 N–H and O–H groups in total. The van der Waals surface area contributed by atoms with Crippen molar-refractivity contribution in [3.05, 3.63) is 52.6 Å². The quantitative estimate of drug-likeness (QED) is 0.876. The summed E-state index contributed by atoms with van der Waals surface area (Å²) in [4.78, 5) is 0. The second-order valence-corrected chi connectivity index (χ2v) is 4.37. The lowest BCUT2D eigenvalue weighted by Gasteiger charge is -2.05. The van der Waals surface area contributed by atoms with Gasteiger partial charge < -0.3 is 5.11 Å². The van der Waals surface area contributed by atoms with Gasteiger partial charge in [0.15, 0.2) is 0 Å². The molecule has 0 aliphatic rings. The molecule has 0 aliphatic heterocycles. The Morgan fingerprint density at radius 1 is 1.42 bits per heavy atom. The van der Waals surface area contributed by atoms with Crippen molar-refractivity contribution in [2.75, 3.05) is 6.61 Å². The predicted molar refractivity (Wildman–Crippen MR) is 71.3 cm³/mol. The zero-order chi connectivity index (χ0) is 13.7. The maximum atomic E-state index is 13.2. The van der Waals surface area contributed by atoms with Crippen LogP contribution in [0.5, 0.6) is 0 Å². The Morgan fingerprint density at radius 2 is 2.26 bits per heavy atom. The molecule has 0 unspecified atom stereocenters. The van der Waals surface area contributed by atoms with E-state index < -0.39 is 0 Å². The Balaban J connectivity index is 2.27. The van der Waals surface area contributed by atoms with Gasteiger partial charge in [0.2, 0.25) is 0 Å². The van der Waals surface area contributed by atoms with E-state index >= 15 is 0 Å². The first-order valence-electron chi connectivity index (χ1n) is 5.75. The van der Waals surface area contributed by atoms with Gasteiger partial charge >= 0.3 is 0 Å². The summed E-state index contributed by atoms with van der Waals surface area (Å²) in [6, 6.07) is 4.44. The minimum atomic E-state index is -0.337. The lowest BCUT2D eigenvalue weighted by atomic mass is 10.1. The van der Waals surface area contributed by atoms with Crippen LogP contribution in [0.1, 0.15) is 17.5 Å². The van der Waals surface area contributed by atoms with E-state index in [1.165, 1.54) is 12.1 Å². The van der Waals surface area contributed by atoms with Crippen LogP contribution in [0.2, 0.25) is 5.02 Å². The average molecular weight is 279 g/mol. The number of halogens is 2. The van der Waals surface area contributed by atoms with Crippen LogP contribution in [-0.2, 0) is 6.54 Å². The minimum absolute atomic E-state index is 0.00753. The normalized spacial score (nSPS) is 10.1. The molecule has 0 spiro atoms. The molecule has 2 aromatic rings. The van der Waals surface area contributed by atoms with Crippen molar-refractivity contribution in [3.63, 3.8) is 0 Å². The lowest BCUT2D eigenvalue weighted by molar-refractivity contribution is 0.305. The molecule has 1 aromatic heterocycles. The summed E-state index contributed by atoms with van der Waals surface area (Å²) in [5.41, 5.74) is 1.45. The second-order valence-electron chi connectivity index (χ2n) is 3.93. The number of rotatable bonds is 3. The Morgan fingerprint density at radius 3 is 2.95 bits per heavy atom. The topological polar surface area (TPSA) is 38.0 Å². The maximum absolute atomic E-state index is 13.2. The summed E-state index contributed by atoms with van der Waals surface area (Å²) in [5.74, 6) is 5.31. The van der Waals surface area contributed by atoms with Crippen LogP contribution in [0.3, 0.4) is 0 Å². The summed E-state index contributed by atoms with van der Waals surface area (Å²) in [6.07, 6.45) is 3.60. The largest absolute Gasteiger partial charge is 0.395 e. The van der Waals surface area contributed by atoms with Gasteiger partial charge in [-0.3, -0.25) is 4.68 Å². The van der Waals surface area contributed by atoms with E-state index in [-0.39, 0.29) is 12.4 Å². The highest BCUT2D eigenvalue weighted by Gasteiger charge is 2.04. The van der Waals surface area contributed by atoms with E-state index in [9.17, 15) is 4.39 Å². The molecular weight excluding hydrogens is 267 g/mol. The highest BCUT2D eigenvalue weighted by molar-refractivity contribution is 6.30. The molecule has 98 valence electrons. The van der Waals surface area contributed by atoms with Crippen LogP contribution in [0.4, 0.5) is 4.39 Å². The Bertz CT molecular complexity index is 628. The maximum Gasteiger partial charge on any atom is 0.124 e. The van der Waals surface area contributed by atoms with Gasteiger partial charge in [-0.1, -0.05) is 29.5 Å². The Labute approximate surface area is 115 Å². The van der Waals surface area contributed by atoms with Crippen molar-refractivity contribution in [1.82, 2.24) is 9.78 Å². The van der Waals surface area contributed by atoms with E-state index in [2.05, 4.69) is 16.9 Å². The standard InChI is InChI=1S/C14H12ClFN2O/c15-13-8-17-18(10-13)9-12-4-5-14(16)7-11(12)3-1-2-6-19/h4-5,7-8,10,19H,2,6,9H2. The van der Waals surface area contributed by atoms with Crippen molar-refractivity contribution >= 4 is 11.6 Å². The molecule has 0 amide bonds. The molecule has 0 aliphatic carbocycles. The van der Waals surface area contributed by atoms with Gasteiger partial charge in [-0.15, -0.1) is 0 Å². The number of hydrogen-bond donors (Lipinski definition) is 1. The predicted octanol–water partition coefficient (Wildman–Crippen LogP) is 2.46. The summed E-state index contributed by atoms with van der Waals surface area (Å²) >= 11 is 5.79. The number of benzene rings is 1. The highest BCUT2D eigenvalue weighted by atomic mass is 35.5. The minimum Gasteiger partial charge on any atom is -0.395 e. The van der Waals surface area contributed by atoms with Crippen LogP contribution in [-0.4, -0.2) is 21.5 Å². The van der Waals surface area contributed by atoms with Gasteiger partial charge in [0.1, 0.15) is 5.82 Å². The van der Waals surface area contributed by atoms with Gasteiger partial charge in [0, 0.05) is 18.2 Å². The summed E-state index contributed by atoms with van der Waals surface area (Å²) in [5, 5.41) is 13.3. The summed E-state index contributed by atoms with van der Waals surface area (Å²) < 4.78 is 14.9. The molecular formula is C14H12ClFN2O. The number of aromatic nitrogens is 2. The molecule has 19 heavy (non-hydrogen) atoms. The van der Waals surface area contributed by atoms with Crippen molar-refractivity contribution in [1.29, 1.82) is 0 Å². The fraction of sp³-hybridized carbons (Fsp3) is 0.214. The molecule has 0 radical (unpaired) electrons.